The number of nitrogens with zero attached hydrogens (tertiary/aromatic N) is 2. The van der Waals surface area contributed by atoms with Gasteiger partial charge in [-0.1, -0.05) is 18.7 Å². The quantitative estimate of drug-likeness (QED) is 0.836. The van der Waals surface area contributed by atoms with Gasteiger partial charge in [-0.15, -0.1) is 10.2 Å². The van der Waals surface area contributed by atoms with E-state index < -0.39 is 5.97 Å². The average Bonchev–Trinajstić information content (AvgIpc) is 2.83. The molecule has 0 amide bonds. The molecule has 4 unspecified atom stereocenters. The second kappa shape index (κ2) is 5.27. The van der Waals surface area contributed by atoms with Crippen LogP contribution in [0.5, 0.6) is 0 Å². The Bertz CT molecular complexity index is 436. The van der Waals surface area contributed by atoms with Crippen molar-refractivity contribution in [3.63, 3.8) is 0 Å². The number of aromatic nitrogens is 2. The summed E-state index contributed by atoms with van der Waals surface area (Å²) in [4.78, 5) is 10.5. The third-order valence-corrected chi connectivity index (χ3v) is 4.07. The summed E-state index contributed by atoms with van der Waals surface area (Å²) in [7, 11) is 0. The Hall–Kier alpha value is -1.08. The molecule has 4 atom stereocenters. The number of rotatable bonds is 4. The predicted octanol–water partition coefficient (Wildman–Crippen LogP) is 1.77. The topological polar surface area (TPSA) is 85.5 Å². The minimum Gasteiger partial charge on any atom is -0.481 e. The van der Waals surface area contributed by atoms with Crippen LogP contribution in [0.3, 0.4) is 0 Å². The summed E-state index contributed by atoms with van der Waals surface area (Å²) in [5.74, 6) is -0.0689. The van der Waals surface area contributed by atoms with Crippen LogP contribution in [0.1, 0.15) is 32.6 Å². The number of hydrogen-bond acceptors (Lipinski definition) is 6. The van der Waals surface area contributed by atoms with E-state index in [1.165, 1.54) is 0 Å². The normalized spacial score (nSPS) is 31.7. The minimum absolute atomic E-state index is 0.0350. The average molecular weight is 272 g/mol. The minimum atomic E-state index is -0.903. The second-order valence-electron chi connectivity index (χ2n) is 4.52. The fourth-order valence-electron chi connectivity index (χ4n) is 2.23. The first-order chi connectivity index (χ1) is 8.49. The predicted molar refractivity (Wildman–Crippen MR) is 64.6 cm³/mol. The zero-order valence-electron chi connectivity index (χ0n) is 10.5. The van der Waals surface area contributed by atoms with E-state index in [0.717, 1.165) is 11.8 Å². The van der Waals surface area contributed by atoms with Crippen molar-refractivity contribution in [2.45, 2.75) is 44.1 Å². The van der Waals surface area contributed by atoms with E-state index in [9.17, 15) is 4.79 Å². The number of ether oxygens (including phenoxy) is 1. The van der Waals surface area contributed by atoms with Crippen molar-refractivity contribution in [2.75, 3.05) is 5.75 Å². The summed E-state index contributed by atoms with van der Waals surface area (Å²) >= 11 is 1.03. The molecule has 1 saturated heterocycles. The van der Waals surface area contributed by atoms with Crippen LogP contribution in [0.25, 0.3) is 0 Å². The van der Waals surface area contributed by atoms with Crippen molar-refractivity contribution in [3.05, 3.63) is 5.89 Å². The number of thioether (sulfide) groups is 1. The summed E-state index contributed by atoms with van der Waals surface area (Å²) in [5.41, 5.74) is 0. The van der Waals surface area contributed by atoms with E-state index in [-0.39, 0.29) is 23.9 Å². The third-order valence-electron chi connectivity index (χ3n) is 3.27. The molecular weight excluding hydrogens is 256 g/mol. The first-order valence-electron chi connectivity index (χ1n) is 5.82. The van der Waals surface area contributed by atoms with Crippen LogP contribution in [0.2, 0.25) is 0 Å². The van der Waals surface area contributed by atoms with Crippen LogP contribution < -0.4 is 0 Å². The van der Waals surface area contributed by atoms with Gasteiger partial charge in [0.25, 0.3) is 5.22 Å². The molecule has 6 nitrogen and oxygen atoms in total. The van der Waals surface area contributed by atoms with Gasteiger partial charge in [-0.25, -0.2) is 0 Å². The molecule has 0 saturated carbocycles. The molecule has 1 aliphatic heterocycles. The van der Waals surface area contributed by atoms with E-state index in [1.54, 1.807) is 0 Å². The van der Waals surface area contributed by atoms with Gasteiger partial charge in [-0.3, -0.25) is 4.79 Å². The largest absolute Gasteiger partial charge is 0.481 e. The molecule has 0 aromatic carbocycles. The Morgan fingerprint density at radius 3 is 2.61 bits per heavy atom. The zero-order chi connectivity index (χ0) is 13.3. The molecule has 7 heteroatoms. The van der Waals surface area contributed by atoms with Crippen molar-refractivity contribution in [2.24, 2.45) is 5.92 Å². The maximum Gasteiger partial charge on any atom is 0.314 e. The molecule has 0 spiro atoms. The van der Waals surface area contributed by atoms with Crippen LogP contribution in [0.4, 0.5) is 0 Å². The number of carboxylic acids is 1. The first kappa shape index (κ1) is 13.4. The Kier molecular flexibility index (Phi) is 3.91. The second-order valence-corrected chi connectivity index (χ2v) is 5.45. The van der Waals surface area contributed by atoms with Crippen molar-refractivity contribution >= 4 is 17.7 Å². The standard InChI is InChI=1S/C11H16N2O4S/c1-5-6(2)16-7(3)9(5)10-12-13-11(17-10)18-4-8(14)15/h5-7,9H,4H2,1-3H3,(H,14,15). The third kappa shape index (κ3) is 2.67. The molecule has 18 heavy (non-hydrogen) atoms. The molecule has 100 valence electrons. The summed E-state index contributed by atoms with van der Waals surface area (Å²) in [6, 6.07) is 0. The lowest BCUT2D eigenvalue weighted by Crippen LogP contribution is -2.15. The van der Waals surface area contributed by atoms with Gasteiger partial charge in [0, 0.05) is 0 Å². The molecule has 1 aromatic heterocycles. The Balaban J connectivity index is 2.07. The molecule has 2 heterocycles. The van der Waals surface area contributed by atoms with E-state index in [1.807, 2.05) is 13.8 Å². The van der Waals surface area contributed by atoms with E-state index >= 15 is 0 Å². The zero-order valence-corrected chi connectivity index (χ0v) is 11.3. The molecule has 0 bridgehead atoms. The molecule has 1 aromatic rings. The van der Waals surface area contributed by atoms with Crippen molar-refractivity contribution in [1.82, 2.24) is 10.2 Å². The van der Waals surface area contributed by atoms with Crippen molar-refractivity contribution in [1.29, 1.82) is 0 Å². The molecule has 1 N–H and O–H groups in total. The Morgan fingerprint density at radius 2 is 2.06 bits per heavy atom. The summed E-state index contributed by atoms with van der Waals surface area (Å²) in [6.45, 7) is 6.10. The summed E-state index contributed by atoms with van der Waals surface area (Å²) < 4.78 is 11.2. The maximum absolute atomic E-state index is 10.5. The number of carboxylic acid groups (broad SMARTS) is 1. The van der Waals surface area contributed by atoms with Crippen LogP contribution >= 0.6 is 11.8 Å². The van der Waals surface area contributed by atoms with Gasteiger partial charge in [-0.05, 0) is 19.8 Å². The fraction of sp³-hybridized carbons (Fsp3) is 0.727. The molecule has 1 fully saturated rings. The smallest absolute Gasteiger partial charge is 0.314 e. The summed E-state index contributed by atoms with van der Waals surface area (Å²) in [6.07, 6.45) is 0.194. The van der Waals surface area contributed by atoms with E-state index in [0.29, 0.717) is 17.0 Å². The number of carbonyl (C=O) groups is 1. The number of hydrogen-bond donors (Lipinski definition) is 1. The lowest BCUT2D eigenvalue weighted by molar-refractivity contribution is -0.133. The molecule has 0 radical (unpaired) electrons. The SMILES string of the molecule is CC1OC(C)C(c2nnc(SCC(=O)O)o2)C1C. The number of aliphatic carboxylic acids is 1. The molecule has 2 rings (SSSR count). The monoisotopic (exact) mass is 272 g/mol. The van der Waals surface area contributed by atoms with Gasteiger partial charge in [-0.2, -0.15) is 0 Å². The highest BCUT2D eigenvalue weighted by atomic mass is 32.2. The van der Waals surface area contributed by atoms with Crippen molar-refractivity contribution < 1.29 is 19.1 Å². The van der Waals surface area contributed by atoms with E-state index in [2.05, 4.69) is 17.1 Å². The fourth-order valence-corrected chi connectivity index (χ4v) is 2.72. The van der Waals surface area contributed by atoms with Gasteiger partial charge >= 0.3 is 5.97 Å². The van der Waals surface area contributed by atoms with Crippen molar-refractivity contribution in [3.8, 4) is 0 Å². The van der Waals surface area contributed by atoms with Crippen LogP contribution in [-0.4, -0.2) is 39.2 Å². The van der Waals surface area contributed by atoms with Crippen LogP contribution in [-0.2, 0) is 9.53 Å². The summed E-state index contributed by atoms with van der Waals surface area (Å²) in [5, 5.41) is 16.7. The van der Waals surface area contributed by atoms with Gasteiger partial charge in [0.15, 0.2) is 0 Å². The van der Waals surface area contributed by atoms with Gasteiger partial charge < -0.3 is 14.3 Å². The van der Waals surface area contributed by atoms with Crippen LogP contribution in [0, 0.1) is 5.92 Å². The van der Waals surface area contributed by atoms with Gasteiger partial charge in [0.1, 0.15) is 5.75 Å². The molecular formula is C11H16N2O4S. The van der Waals surface area contributed by atoms with E-state index in [4.69, 9.17) is 14.3 Å². The van der Waals surface area contributed by atoms with Gasteiger partial charge in [0.05, 0.1) is 18.1 Å². The first-order valence-corrected chi connectivity index (χ1v) is 6.81. The lowest BCUT2D eigenvalue weighted by atomic mass is 9.89. The van der Waals surface area contributed by atoms with Crippen LogP contribution in [0.15, 0.2) is 9.64 Å². The van der Waals surface area contributed by atoms with Gasteiger partial charge in [0.2, 0.25) is 5.89 Å². The Labute approximate surface area is 109 Å². The lowest BCUT2D eigenvalue weighted by Gasteiger charge is -2.13. The maximum atomic E-state index is 10.5. The highest BCUT2D eigenvalue weighted by molar-refractivity contribution is 7.99. The molecule has 0 aliphatic carbocycles. The molecule has 1 aliphatic rings. The Morgan fingerprint density at radius 1 is 1.33 bits per heavy atom. The highest BCUT2D eigenvalue weighted by Gasteiger charge is 2.41. The highest BCUT2D eigenvalue weighted by Crippen LogP contribution is 2.39.